The van der Waals surface area contributed by atoms with Crippen LogP contribution in [-0.2, 0) is 0 Å². The summed E-state index contributed by atoms with van der Waals surface area (Å²) in [6.45, 7) is 0. The molecular formula is C5H6N4OS. The maximum absolute atomic E-state index is 10.5. The SMILES string of the molecule is NC(=O)N(S)c1cnccn1. The van der Waals surface area contributed by atoms with Crippen LogP contribution in [-0.4, -0.2) is 16.0 Å². The fraction of sp³-hybridized carbons (Fsp3) is 0. The first-order chi connectivity index (χ1) is 5.22. The molecule has 1 rings (SSSR count). The summed E-state index contributed by atoms with van der Waals surface area (Å²) in [6, 6.07) is -0.686. The van der Waals surface area contributed by atoms with Crippen molar-refractivity contribution < 1.29 is 4.79 Å². The molecule has 0 aliphatic carbocycles. The van der Waals surface area contributed by atoms with E-state index >= 15 is 0 Å². The molecule has 0 saturated carbocycles. The van der Waals surface area contributed by atoms with Crippen molar-refractivity contribution in [2.45, 2.75) is 0 Å². The first kappa shape index (κ1) is 7.80. The van der Waals surface area contributed by atoms with Gasteiger partial charge in [-0.1, -0.05) is 12.8 Å². The van der Waals surface area contributed by atoms with Crippen molar-refractivity contribution in [3.05, 3.63) is 18.6 Å². The van der Waals surface area contributed by atoms with Crippen LogP contribution >= 0.6 is 12.8 Å². The summed E-state index contributed by atoms with van der Waals surface area (Å²) in [4.78, 5) is 18.0. The number of carbonyl (C=O) groups excluding carboxylic acids is 1. The molecule has 0 aromatic carbocycles. The summed E-state index contributed by atoms with van der Waals surface area (Å²) < 4.78 is 0.910. The Morgan fingerprint density at radius 1 is 1.64 bits per heavy atom. The molecule has 0 unspecified atom stereocenters. The predicted octanol–water partition coefficient (Wildman–Crippen LogP) is 0.207. The summed E-state index contributed by atoms with van der Waals surface area (Å²) >= 11 is 3.77. The average Bonchev–Trinajstić information content (AvgIpc) is 2.05. The summed E-state index contributed by atoms with van der Waals surface area (Å²) in [5.74, 6) is 0.309. The zero-order valence-electron chi connectivity index (χ0n) is 5.51. The van der Waals surface area contributed by atoms with Crippen LogP contribution in [0.3, 0.4) is 0 Å². The van der Waals surface area contributed by atoms with E-state index in [9.17, 15) is 4.79 Å². The number of aromatic nitrogens is 2. The molecule has 11 heavy (non-hydrogen) atoms. The molecule has 0 radical (unpaired) electrons. The topological polar surface area (TPSA) is 72.1 Å². The molecule has 1 aromatic rings. The zero-order valence-corrected chi connectivity index (χ0v) is 6.40. The second kappa shape index (κ2) is 3.20. The van der Waals surface area contributed by atoms with E-state index in [1.807, 2.05) is 0 Å². The number of primary amides is 1. The van der Waals surface area contributed by atoms with Crippen LogP contribution in [0.15, 0.2) is 18.6 Å². The summed E-state index contributed by atoms with van der Waals surface area (Å²) in [7, 11) is 0. The number of amides is 2. The largest absolute Gasteiger partial charge is 0.350 e. The lowest BCUT2D eigenvalue weighted by atomic mass is 10.6. The smallest absolute Gasteiger partial charge is 0.330 e. The Labute approximate surface area is 68.8 Å². The van der Waals surface area contributed by atoms with Gasteiger partial charge >= 0.3 is 6.03 Å². The molecule has 1 heterocycles. The van der Waals surface area contributed by atoms with Gasteiger partial charge in [0.25, 0.3) is 0 Å². The van der Waals surface area contributed by atoms with Crippen molar-refractivity contribution >= 4 is 24.7 Å². The highest BCUT2D eigenvalue weighted by molar-refractivity contribution is 7.82. The number of thiol groups is 1. The molecule has 2 amide bonds. The summed E-state index contributed by atoms with van der Waals surface area (Å²) in [5.41, 5.74) is 4.91. The van der Waals surface area contributed by atoms with E-state index in [1.54, 1.807) is 0 Å². The molecule has 0 fully saturated rings. The van der Waals surface area contributed by atoms with E-state index < -0.39 is 6.03 Å². The third-order valence-electron chi connectivity index (χ3n) is 0.975. The van der Waals surface area contributed by atoms with E-state index in [2.05, 4.69) is 22.8 Å². The van der Waals surface area contributed by atoms with Gasteiger partial charge < -0.3 is 5.73 Å². The minimum atomic E-state index is -0.686. The second-order valence-electron chi connectivity index (χ2n) is 1.71. The summed E-state index contributed by atoms with van der Waals surface area (Å²) in [6.07, 6.45) is 4.32. The third kappa shape index (κ3) is 1.81. The van der Waals surface area contributed by atoms with E-state index in [-0.39, 0.29) is 0 Å². The van der Waals surface area contributed by atoms with Gasteiger partial charge in [-0.05, 0) is 0 Å². The van der Waals surface area contributed by atoms with Crippen LogP contribution in [0.25, 0.3) is 0 Å². The Bertz CT molecular complexity index is 252. The number of anilines is 1. The number of hydrogen-bond donors (Lipinski definition) is 2. The lowest BCUT2D eigenvalue weighted by Gasteiger charge is -2.08. The Morgan fingerprint density at radius 3 is 2.82 bits per heavy atom. The van der Waals surface area contributed by atoms with Crippen molar-refractivity contribution in [1.82, 2.24) is 9.97 Å². The monoisotopic (exact) mass is 170 g/mol. The quantitative estimate of drug-likeness (QED) is 0.591. The van der Waals surface area contributed by atoms with Crippen LogP contribution < -0.4 is 10.0 Å². The number of carbonyl (C=O) groups is 1. The molecule has 0 bridgehead atoms. The molecule has 0 aliphatic rings. The summed E-state index contributed by atoms with van der Waals surface area (Å²) in [5, 5.41) is 0. The number of nitrogens with two attached hydrogens (primary N) is 1. The highest BCUT2D eigenvalue weighted by Crippen LogP contribution is 2.08. The Hall–Kier alpha value is -1.30. The lowest BCUT2D eigenvalue weighted by Crippen LogP contribution is -2.27. The van der Waals surface area contributed by atoms with Gasteiger partial charge in [0.05, 0.1) is 6.20 Å². The van der Waals surface area contributed by atoms with E-state index in [0.717, 1.165) is 4.31 Å². The van der Waals surface area contributed by atoms with E-state index in [0.29, 0.717) is 5.82 Å². The average molecular weight is 170 g/mol. The molecule has 58 valence electrons. The van der Waals surface area contributed by atoms with Gasteiger partial charge in [0.15, 0.2) is 5.82 Å². The number of rotatable bonds is 1. The Morgan fingerprint density at radius 2 is 2.36 bits per heavy atom. The fourth-order valence-electron chi connectivity index (χ4n) is 0.513. The van der Waals surface area contributed by atoms with Crippen molar-refractivity contribution in [2.24, 2.45) is 5.73 Å². The molecular weight excluding hydrogens is 164 g/mol. The number of urea groups is 1. The standard InChI is InChI=1S/C5H6N4OS/c6-5(10)9(11)4-3-7-1-2-8-4/h1-3,11H,(H2,6,10). The number of nitrogens with zero attached hydrogens (tertiary/aromatic N) is 3. The van der Waals surface area contributed by atoms with Crippen molar-refractivity contribution in [2.75, 3.05) is 4.31 Å². The maximum Gasteiger partial charge on any atom is 0.330 e. The van der Waals surface area contributed by atoms with Crippen LogP contribution in [0.2, 0.25) is 0 Å². The van der Waals surface area contributed by atoms with Crippen molar-refractivity contribution in [3.8, 4) is 0 Å². The third-order valence-corrected chi connectivity index (χ3v) is 1.38. The van der Waals surface area contributed by atoms with Crippen LogP contribution in [0.1, 0.15) is 0 Å². The van der Waals surface area contributed by atoms with Gasteiger partial charge in [-0.3, -0.25) is 4.98 Å². The minimum Gasteiger partial charge on any atom is -0.350 e. The molecule has 0 saturated heterocycles. The lowest BCUT2D eigenvalue weighted by molar-refractivity contribution is 0.257. The van der Waals surface area contributed by atoms with Gasteiger partial charge in [-0.25, -0.2) is 14.1 Å². The first-order valence-corrected chi connectivity index (χ1v) is 3.16. The second-order valence-corrected chi connectivity index (χ2v) is 2.11. The highest BCUT2D eigenvalue weighted by Gasteiger charge is 2.07. The predicted molar refractivity (Wildman–Crippen MR) is 43.1 cm³/mol. The highest BCUT2D eigenvalue weighted by atomic mass is 32.1. The molecule has 0 aliphatic heterocycles. The normalized spacial score (nSPS) is 9.18. The van der Waals surface area contributed by atoms with Crippen LogP contribution in [0, 0.1) is 0 Å². The van der Waals surface area contributed by atoms with Crippen molar-refractivity contribution in [3.63, 3.8) is 0 Å². The van der Waals surface area contributed by atoms with E-state index in [4.69, 9.17) is 5.73 Å². The van der Waals surface area contributed by atoms with Gasteiger partial charge in [0, 0.05) is 12.4 Å². The van der Waals surface area contributed by atoms with Gasteiger partial charge in [-0.2, -0.15) is 0 Å². The zero-order chi connectivity index (χ0) is 8.27. The first-order valence-electron chi connectivity index (χ1n) is 2.76. The fourth-order valence-corrected chi connectivity index (χ4v) is 0.617. The molecule has 6 heteroatoms. The maximum atomic E-state index is 10.5. The van der Waals surface area contributed by atoms with E-state index in [1.165, 1.54) is 18.6 Å². The molecule has 5 nitrogen and oxygen atoms in total. The van der Waals surface area contributed by atoms with Crippen LogP contribution in [0.4, 0.5) is 10.6 Å². The molecule has 0 atom stereocenters. The van der Waals surface area contributed by atoms with Gasteiger partial charge in [-0.15, -0.1) is 0 Å². The van der Waals surface area contributed by atoms with Gasteiger partial charge in [0.2, 0.25) is 0 Å². The molecule has 2 N–H and O–H groups in total. The molecule has 1 aromatic heterocycles. The van der Waals surface area contributed by atoms with Crippen LogP contribution in [0.5, 0.6) is 0 Å². The van der Waals surface area contributed by atoms with Crippen molar-refractivity contribution in [1.29, 1.82) is 0 Å². The Balaban J connectivity index is 2.85. The Kier molecular flexibility index (Phi) is 2.27. The number of hydrogen-bond acceptors (Lipinski definition) is 4. The minimum absolute atomic E-state index is 0.309. The molecule has 0 spiro atoms. The van der Waals surface area contributed by atoms with Gasteiger partial charge in [0.1, 0.15) is 0 Å².